The predicted octanol–water partition coefficient (Wildman–Crippen LogP) is 4.77. The van der Waals surface area contributed by atoms with Crippen LogP contribution in [0, 0.1) is 0 Å². The van der Waals surface area contributed by atoms with Gasteiger partial charge in [-0.3, -0.25) is 14.1 Å². The van der Waals surface area contributed by atoms with Crippen LogP contribution >= 0.6 is 7.82 Å². The van der Waals surface area contributed by atoms with Gasteiger partial charge in [0.15, 0.2) is 6.10 Å². The topological polar surface area (TPSA) is 119 Å². The van der Waals surface area contributed by atoms with Crippen LogP contribution in [0.5, 0.6) is 0 Å². The second-order valence-electron chi connectivity index (χ2n) is 6.83. The van der Waals surface area contributed by atoms with E-state index >= 15 is 0 Å². The van der Waals surface area contributed by atoms with Crippen LogP contribution < -0.4 is 0 Å². The molecule has 0 aromatic rings. The highest BCUT2D eigenvalue weighted by molar-refractivity contribution is 7.46. The number of unbranched alkanes of at least 4 members (excludes halogenated alkanes) is 3. The standard InChI is InChI=1S/C22H37O8P/c1-3-5-6-7-8-9-10-11-12-13-14-15-16-17-22(24)30-20(18-28-21(23)4-2)19-29-31(25,26)27/h5-6,8-9,11-12,20H,3-4,7,10,13-19H2,1-2H3,(H2,25,26,27)/b6-5-,9-8-,12-11-. The molecule has 0 aromatic carbocycles. The van der Waals surface area contributed by atoms with Crippen LogP contribution in [-0.2, 0) is 28.2 Å². The minimum Gasteiger partial charge on any atom is -0.462 e. The number of rotatable bonds is 18. The van der Waals surface area contributed by atoms with Gasteiger partial charge < -0.3 is 19.3 Å². The Morgan fingerprint density at radius 1 is 0.871 bits per heavy atom. The van der Waals surface area contributed by atoms with E-state index in [1.165, 1.54) is 0 Å². The molecule has 178 valence electrons. The zero-order chi connectivity index (χ0) is 23.4. The maximum atomic E-state index is 12.0. The number of carbonyl (C=O) groups is 2. The first-order valence-electron chi connectivity index (χ1n) is 10.8. The summed E-state index contributed by atoms with van der Waals surface area (Å²) >= 11 is 0. The normalized spacial score (nSPS) is 13.3. The first kappa shape index (κ1) is 29.3. The van der Waals surface area contributed by atoms with Crippen LogP contribution in [0.4, 0.5) is 0 Å². The van der Waals surface area contributed by atoms with Gasteiger partial charge in [-0.2, -0.15) is 0 Å². The minimum atomic E-state index is -4.71. The minimum absolute atomic E-state index is 0.140. The molecule has 0 heterocycles. The molecule has 0 saturated carbocycles. The molecule has 8 nitrogen and oxygen atoms in total. The quantitative estimate of drug-likeness (QED) is 0.130. The fraction of sp³-hybridized carbons (Fsp3) is 0.636. The number of ether oxygens (including phenoxy) is 2. The van der Waals surface area contributed by atoms with Crippen LogP contribution in [0.1, 0.15) is 71.6 Å². The van der Waals surface area contributed by atoms with Crippen molar-refractivity contribution >= 4 is 19.8 Å². The van der Waals surface area contributed by atoms with E-state index in [4.69, 9.17) is 19.3 Å². The van der Waals surface area contributed by atoms with Crippen molar-refractivity contribution in [1.82, 2.24) is 0 Å². The van der Waals surface area contributed by atoms with Crippen molar-refractivity contribution in [1.29, 1.82) is 0 Å². The van der Waals surface area contributed by atoms with Crippen LogP contribution in [0.2, 0.25) is 0 Å². The fourth-order valence-electron chi connectivity index (χ4n) is 2.36. The van der Waals surface area contributed by atoms with Gasteiger partial charge >= 0.3 is 19.8 Å². The molecule has 9 heteroatoms. The van der Waals surface area contributed by atoms with Crippen molar-refractivity contribution in [3.05, 3.63) is 36.5 Å². The Morgan fingerprint density at radius 3 is 2.13 bits per heavy atom. The molecule has 0 bridgehead atoms. The molecule has 0 aromatic heterocycles. The Morgan fingerprint density at radius 2 is 1.52 bits per heavy atom. The van der Waals surface area contributed by atoms with E-state index in [-0.39, 0.29) is 19.4 Å². The summed E-state index contributed by atoms with van der Waals surface area (Å²) in [7, 11) is -4.71. The van der Waals surface area contributed by atoms with Crippen molar-refractivity contribution in [2.75, 3.05) is 13.2 Å². The summed E-state index contributed by atoms with van der Waals surface area (Å²) < 4.78 is 25.2. The second kappa shape index (κ2) is 19.0. The molecule has 2 N–H and O–H groups in total. The summed E-state index contributed by atoms with van der Waals surface area (Å²) in [6.45, 7) is 2.85. The largest absolute Gasteiger partial charge is 0.469 e. The third-order valence-corrected chi connectivity index (χ3v) is 4.46. The Bertz CT molecular complexity index is 621. The summed E-state index contributed by atoms with van der Waals surface area (Å²) in [6, 6.07) is 0. The molecule has 0 radical (unpaired) electrons. The van der Waals surface area contributed by atoms with Gasteiger partial charge in [0.1, 0.15) is 6.61 Å². The molecule has 1 atom stereocenters. The lowest BCUT2D eigenvalue weighted by molar-refractivity contribution is -0.161. The molecule has 0 spiro atoms. The fourth-order valence-corrected chi connectivity index (χ4v) is 2.72. The van der Waals surface area contributed by atoms with Gasteiger partial charge in [-0.15, -0.1) is 0 Å². The molecule has 0 amide bonds. The lowest BCUT2D eigenvalue weighted by Crippen LogP contribution is -2.29. The Hall–Kier alpha value is -1.73. The summed E-state index contributed by atoms with van der Waals surface area (Å²) in [5, 5.41) is 0. The number of phosphoric ester groups is 1. The van der Waals surface area contributed by atoms with Crippen LogP contribution in [-0.4, -0.2) is 41.0 Å². The van der Waals surface area contributed by atoms with Crippen LogP contribution in [0.25, 0.3) is 0 Å². The maximum Gasteiger partial charge on any atom is 0.469 e. The molecule has 1 unspecified atom stereocenters. The number of hydrogen-bond donors (Lipinski definition) is 2. The number of hydrogen-bond acceptors (Lipinski definition) is 6. The molecule has 0 aliphatic rings. The van der Waals surface area contributed by atoms with E-state index in [0.29, 0.717) is 6.42 Å². The molecule has 0 aliphatic carbocycles. The average Bonchev–Trinajstić information content (AvgIpc) is 2.72. The smallest absolute Gasteiger partial charge is 0.462 e. The zero-order valence-electron chi connectivity index (χ0n) is 18.6. The molecule has 0 rings (SSSR count). The maximum absolute atomic E-state index is 12.0. The first-order chi connectivity index (χ1) is 14.8. The Labute approximate surface area is 185 Å². The zero-order valence-corrected chi connectivity index (χ0v) is 19.5. The highest BCUT2D eigenvalue weighted by atomic mass is 31.2. The summed E-state index contributed by atoms with van der Waals surface area (Å²) in [5.74, 6) is -1.03. The highest BCUT2D eigenvalue weighted by Crippen LogP contribution is 2.35. The Balaban J connectivity index is 4.02. The molecule has 0 saturated heterocycles. The van der Waals surface area contributed by atoms with Gasteiger partial charge in [0.25, 0.3) is 0 Å². The number of carbonyl (C=O) groups excluding carboxylic acids is 2. The van der Waals surface area contributed by atoms with Crippen molar-refractivity contribution < 1.29 is 37.9 Å². The van der Waals surface area contributed by atoms with Gasteiger partial charge in [0, 0.05) is 12.8 Å². The van der Waals surface area contributed by atoms with Crippen molar-refractivity contribution in [3.8, 4) is 0 Å². The third kappa shape index (κ3) is 21.3. The molecule has 0 aliphatic heterocycles. The van der Waals surface area contributed by atoms with Gasteiger partial charge in [0.2, 0.25) is 0 Å². The second-order valence-corrected chi connectivity index (χ2v) is 8.07. The van der Waals surface area contributed by atoms with Crippen molar-refractivity contribution in [2.45, 2.75) is 77.7 Å². The lowest BCUT2D eigenvalue weighted by Gasteiger charge is -2.18. The summed E-state index contributed by atoms with van der Waals surface area (Å²) in [6.07, 6.45) is 18.4. The number of allylic oxidation sites excluding steroid dienone is 6. The summed E-state index contributed by atoms with van der Waals surface area (Å²) in [5.41, 5.74) is 0. The highest BCUT2D eigenvalue weighted by Gasteiger charge is 2.22. The molecular formula is C22H37O8P. The van der Waals surface area contributed by atoms with Crippen molar-refractivity contribution in [2.24, 2.45) is 0 Å². The monoisotopic (exact) mass is 460 g/mol. The van der Waals surface area contributed by atoms with Gasteiger partial charge in [-0.25, -0.2) is 4.57 Å². The number of esters is 2. The van der Waals surface area contributed by atoms with Gasteiger partial charge in [0.05, 0.1) is 6.61 Å². The van der Waals surface area contributed by atoms with Gasteiger partial charge in [-0.1, -0.05) is 56.7 Å². The van der Waals surface area contributed by atoms with Crippen molar-refractivity contribution in [3.63, 3.8) is 0 Å². The van der Waals surface area contributed by atoms with E-state index in [1.54, 1.807) is 6.92 Å². The lowest BCUT2D eigenvalue weighted by atomic mass is 10.1. The van der Waals surface area contributed by atoms with Crippen LogP contribution in [0.3, 0.4) is 0 Å². The Kier molecular flexibility index (Phi) is 17.9. The number of phosphoric acid groups is 1. The SMILES string of the molecule is CC/C=C\C/C=C\C/C=C\CCCCCC(=O)OC(COC(=O)CC)COP(=O)(O)O. The molecule has 31 heavy (non-hydrogen) atoms. The first-order valence-corrected chi connectivity index (χ1v) is 12.3. The van der Waals surface area contributed by atoms with Gasteiger partial charge in [-0.05, 0) is 38.5 Å². The average molecular weight is 461 g/mol. The van der Waals surface area contributed by atoms with E-state index in [2.05, 4.69) is 47.9 Å². The summed E-state index contributed by atoms with van der Waals surface area (Å²) in [4.78, 5) is 40.8. The van der Waals surface area contributed by atoms with Crippen LogP contribution in [0.15, 0.2) is 36.5 Å². The van der Waals surface area contributed by atoms with E-state index in [0.717, 1.165) is 38.5 Å². The van der Waals surface area contributed by atoms with E-state index in [1.807, 2.05) is 0 Å². The molecular weight excluding hydrogens is 423 g/mol. The van der Waals surface area contributed by atoms with E-state index < -0.39 is 32.5 Å². The third-order valence-electron chi connectivity index (χ3n) is 3.98. The van der Waals surface area contributed by atoms with E-state index in [9.17, 15) is 14.2 Å². The predicted molar refractivity (Wildman–Crippen MR) is 119 cm³/mol. The molecule has 0 fully saturated rings.